The second-order valence-electron chi connectivity index (χ2n) is 6.59. The minimum Gasteiger partial charge on any atom is -0.497 e. The standard InChI is InChI=1S/C19H28ClN3O3.HI/c1-21-19(22-8-7-14-5-6-15(24-2)12-16(14)20)23-9-11-26-18(13-23)17-4-3-10-25-17;/h5-6,12,17-18H,3-4,7-11,13H2,1-2H3,(H,21,22);1H. The minimum atomic E-state index is 0. The van der Waals surface area contributed by atoms with E-state index in [0.717, 1.165) is 67.8 Å². The lowest BCUT2D eigenvalue weighted by molar-refractivity contribution is -0.0816. The Balaban J connectivity index is 0.00000261. The molecule has 2 fully saturated rings. The summed E-state index contributed by atoms with van der Waals surface area (Å²) in [5, 5.41) is 4.17. The zero-order valence-corrected chi connectivity index (χ0v) is 19.0. The molecule has 1 N–H and O–H groups in total. The molecule has 2 aliphatic heterocycles. The van der Waals surface area contributed by atoms with Crippen molar-refractivity contribution in [2.24, 2.45) is 4.99 Å². The average Bonchev–Trinajstić information content (AvgIpc) is 3.21. The molecular weight excluding hydrogens is 481 g/mol. The lowest BCUT2D eigenvalue weighted by atomic mass is 10.1. The minimum absolute atomic E-state index is 0. The van der Waals surface area contributed by atoms with Crippen LogP contribution >= 0.6 is 35.6 Å². The molecule has 152 valence electrons. The smallest absolute Gasteiger partial charge is 0.193 e. The Morgan fingerprint density at radius 2 is 2.15 bits per heavy atom. The molecule has 0 saturated carbocycles. The monoisotopic (exact) mass is 509 g/mol. The summed E-state index contributed by atoms with van der Waals surface area (Å²) in [6.45, 7) is 3.97. The van der Waals surface area contributed by atoms with E-state index in [1.165, 1.54) is 0 Å². The van der Waals surface area contributed by atoms with E-state index in [1.807, 2.05) is 25.2 Å². The van der Waals surface area contributed by atoms with Gasteiger partial charge in [0.05, 0.1) is 19.8 Å². The number of halogens is 2. The van der Waals surface area contributed by atoms with Crippen molar-refractivity contribution in [2.45, 2.75) is 31.5 Å². The van der Waals surface area contributed by atoms with Gasteiger partial charge in [-0.1, -0.05) is 17.7 Å². The summed E-state index contributed by atoms with van der Waals surface area (Å²) in [6, 6.07) is 5.79. The predicted octanol–water partition coefficient (Wildman–Crippen LogP) is 2.96. The van der Waals surface area contributed by atoms with Crippen molar-refractivity contribution < 1.29 is 14.2 Å². The molecule has 1 aromatic rings. The van der Waals surface area contributed by atoms with Gasteiger partial charge in [0.1, 0.15) is 11.9 Å². The Hall–Kier alpha value is -0.770. The van der Waals surface area contributed by atoms with Gasteiger partial charge in [-0.05, 0) is 37.0 Å². The first-order valence-corrected chi connectivity index (χ1v) is 9.60. The van der Waals surface area contributed by atoms with Crippen LogP contribution in [0.1, 0.15) is 18.4 Å². The summed E-state index contributed by atoms with van der Waals surface area (Å²) in [5.74, 6) is 1.68. The number of morpholine rings is 1. The summed E-state index contributed by atoms with van der Waals surface area (Å²) < 4.78 is 16.9. The molecule has 0 radical (unpaired) electrons. The molecule has 2 aliphatic rings. The molecule has 0 aromatic heterocycles. The normalized spacial score (nSPS) is 23.1. The summed E-state index contributed by atoms with van der Waals surface area (Å²) in [5.41, 5.74) is 1.09. The number of benzene rings is 1. The fourth-order valence-electron chi connectivity index (χ4n) is 3.49. The van der Waals surface area contributed by atoms with E-state index >= 15 is 0 Å². The molecule has 0 amide bonds. The Bertz CT molecular complexity index is 626. The second kappa shape index (κ2) is 11.3. The number of nitrogens with zero attached hydrogens (tertiary/aromatic N) is 2. The van der Waals surface area contributed by atoms with Crippen LogP contribution in [0.15, 0.2) is 23.2 Å². The first-order valence-electron chi connectivity index (χ1n) is 9.22. The summed E-state index contributed by atoms with van der Waals surface area (Å²) in [7, 11) is 3.46. The van der Waals surface area contributed by atoms with Gasteiger partial charge >= 0.3 is 0 Å². The third-order valence-electron chi connectivity index (χ3n) is 4.92. The maximum atomic E-state index is 6.32. The third-order valence-corrected chi connectivity index (χ3v) is 5.27. The van der Waals surface area contributed by atoms with E-state index < -0.39 is 0 Å². The number of ether oxygens (including phenoxy) is 3. The van der Waals surface area contributed by atoms with Gasteiger partial charge in [-0.3, -0.25) is 4.99 Å². The van der Waals surface area contributed by atoms with Gasteiger partial charge in [0.2, 0.25) is 0 Å². The lowest BCUT2D eigenvalue weighted by Gasteiger charge is -2.37. The molecule has 0 spiro atoms. The van der Waals surface area contributed by atoms with Crippen molar-refractivity contribution in [2.75, 3.05) is 47.0 Å². The molecule has 2 atom stereocenters. The summed E-state index contributed by atoms with van der Waals surface area (Å²) in [4.78, 5) is 6.69. The van der Waals surface area contributed by atoms with E-state index in [1.54, 1.807) is 7.11 Å². The van der Waals surface area contributed by atoms with Gasteiger partial charge in [0, 0.05) is 38.3 Å². The van der Waals surface area contributed by atoms with Crippen molar-refractivity contribution in [3.63, 3.8) is 0 Å². The van der Waals surface area contributed by atoms with Gasteiger partial charge in [-0.15, -0.1) is 24.0 Å². The van der Waals surface area contributed by atoms with E-state index in [2.05, 4.69) is 15.2 Å². The lowest BCUT2D eigenvalue weighted by Crippen LogP contribution is -2.53. The number of aliphatic imine (C=N–C) groups is 1. The Morgan fingerprint density at radius 3 is 2.81 bits per heavy atom. The molecule has 2 unspecified atom stereocenters. The number of guanidine groups is 1. The van der Waals surface area contributed by atoms with E-state index in [0.29, 0.717) is 6.61 Å². The second-order valence-corrected chi connectivity index (χ2v) is 7.00. The average molecular weight is 510 g/mol. The Kier molecular flexibility index (Phi) is 9.41. The number of methoxy groups -OCH3 is 1. The maximum Gasteiger partial charge on any atom is 0.193 e. The Labute approximate surface area is 183 Å². The molecule has 1 aromatic carbocycles. The van der Waals surface area contributed by atoms with Gasteiger partial charge in [-0.25, -0.2) is 0 Å². The van der Waals surface area contributed by atoms with Crippen LogP contribution in [0.3, 0.4) is 0 Å². The molecule has 8 heteroatoms. The highest BCUT2D eigenvalue weighted by molar-refractivity contribution is 14.0. The van der Waals surface area contributed by atoms with Gasteiger partial charge < -0.3 is 24.4 Å². The van der Waals surface area contributed by atoms with Crippen LogP contribution in [0.2, 0.25) is 5.02 Å². The third kappa shape index (κ3) is 6.10. The van der Waals surface area contributed by atoms with E-state index in [4.69, 9.17) is 25.8 Å². The number of nitrogens with one attached hydrogen (secondary N) is 1. The van der Waals surface area contributed by atoms with Crippen molar-refractivity contribution in [3.05, 3.63) is 28.8 Å². The van der Waals surface area contributed by atoms with Gasteiger partial charge in [-0.2, -0.15) is 0 Å². The van der Waals surface area contributed by atoms with Crippen LogP contribution in [-0.4, -0.2) is 70.1 Å². The van der Waals surface area contributed by atoms with Crippen molar-refractivity contribution in [1.29, 1.82) is 0 Å². The van der Waals surface area contributed by atoms with Crippen LogP contribution in [0.5, 0.6) is 5.75 Å². The first kappa shape index (κ1) is 22.5. The van der Waals surface area contributed by atoms with Crippen LogP contribution in [0.25, 0.3) is 0 Å². The van der Waals surface area contributed by atoms with Gasteiger partial charge in [0.15, 0.2) is 5.96 Å². The molecule has 6 nitrogen and oxygen atoms in total. The van der Waals surface area contributed by atoms with Crippen molar-refractivity contribution in [1.82, 2.24) is 10.2 Å². The fourth-order valence-corrected chi connectivity index (χ4v) is 3.75. The molecule has 0 bridgehead atoms. The van der Waals surface area contributed by atoms with Crippen LogP contribution in [-0.2, 0) is 15.9 Å². The largest absolute Gasteiger partial charge is 0.497 e. The van der Waals surface area contributed by atoms with Crippen LogP contribution in [0.4, 0.5) is 0 Å². The molecule has 27 heavy (non-hydrogen) atoms. The maximum absolute atomic E-state index is 6.32. The highest BCUT2D eigenvalue weighted by Crippen LogP contribution is 2.23. The quantitative estimate of drug-likeness (QED) is 0.376. The zero-order valence-electron chi connectivity index (χ0n) is 15.9. The van der Waals surface area contributed by atoms with Crippen molar-refractivity contribution in [3.8, 4) is 5.75 Å². The fraction of sp³-hybridized carbons (Fsp3) is 0.632. The van der Waals surface area contributed by atoms with E-state index in [-0.39, 0.29) is 36.2 Å². The highest BCUT2D eigenvalue weighted by Gasteiger charge is 2.32. The topological polar surface area (TPSA) is 55.3 Å². The molecule has 3 rings (SSSR count). The summed E-state index contributed by atoms with van der Waals surface area (Å²) >= 11 is 6.32. The van der Waals surface area contributed by atoms with Crippen LogP contribution < -0.4 is 10.1 Å². The predicted molar refractivity (Wildman–Crippen MR) is 119 cm³/mol. The van der Waals surface area contributed by atoms with Crippen LogP contribution in [0, 0.1) is 0 Å². The Morgan fingerprint density at radius 1 is 1.33 bits per heavy atom. The molecule has 0 aliphatic carbocycles. The molecule has 2 heterocycles. The zero-order chi connectivity index (χ0) is 18.4. The molecule has 2 saturated heterocycles. The highest BCUT2D eigenvalue weighted by atomic mass is 127. The number of hydrogen-bond acceptors (Lipinski definition) is 4. The van der Waals surface area contributed by atoms with Gasteiger partial charge in [0.25, 0.3) is 0 Å². The summed E-state index contributed by atoms with van der Waals surface area (Å²) in [6.07, 6.45) is 3.37. The number of rotatable bonds is 5. The SMILES string of the molecule is CN=C(NCCc1ccc(OC)cc1Cl)N1CCOC(C2CCCO2)C1.I. The van der Waals surface area contributed by atoms with Crippen molar-refractivity contribution >= 4 is 41.5 Å². The first-order chi connectivity index (χ1) is 12.7. The molecular formula is C19H29ClIN3O3. The number of hydrogen-bond donors (Lipinski definition) is 1. The van der Waals surface area contributed by atoms with E-state index in [9.17, 15) is 0 Å².